The minimum absolute atomic E-state index is 0.0915. The van der Waals surface area contributed by atoms with E-state index in [1.54, 1.807) is 24.3 Å². The fraction of sp³-hybridized carbons (Fsp3) is 0.211. The molecule has 0 bridgehead atoms. The molecular weight excluding hydrogens is 386 g/mol. The van der Waals surface area contributed by atoms with Gasteiger partial charge in [-0.2, -0.15) is 0 Å². The van der Waals surface area contributed by atoms with Gasteiger partial charge in [0.25, 0.3) is 17.7 Å². The van der Waals surface area contributed by atoms with Gasteiger partial charge in [-0.1, -0.05) is 23.7 Å². The standard InChI is InChI=1S/C19H16ClN3O5/c1-10(23-17(25)12-6-3-4-7-13(12)18(23)26)19(27)28-11(2)16(24)22-14-8-5-9-21-15(14)20/h3-11H,1-2H3,(H,22,24). The molecule has 1 aromatic heterocycles. The van der Waals surface area contributed by atoms with E-state index in [-0.39, 0.29) is 22.0 Å². The highest BCUT2D eigenvalue weighted by atomic mass is 35.5. The highest BCUT2D eigenvalue weighted by molar-refractivity contribution is 6.32. The number of hydrogen-bond acceptors (Lipinski definition) is 6. The lowest BCUT2D eigenvalue weighted by molar-refractivity contribution is -0.156. The van der Waals surface area contributed by atoms with Crippen molar-refractivity contribution in [1.29, 1.82) is 0 Å². The Hall–Kier alpha value is -3.26. The molecule has 9 heteroatoms. The Morgan fingerprint density at radius 1 is 1.07 bits per heavy atom. The van der Waals surface area contributed by atoms with Crippen LogP contribution < -0.4 is 5.32 Å². The van der Waals surface area contributed by atoms with Crippen LogP contribution in [0.1, 0.15) is 34.6 Å². The van der Waals surface area contributed by atoms with E-state index in [0.29, 0.717) is 0 Å². The molecule has 2 heterocycles. The maximum Gasteiger partial charge on any atom is 0.329 e. The van der Waals surface area contributed by atoms with Crippen LogP contribution in [-0.2, 0) is 14.3 Å². The van der Waals surface area contributed by atoms with Gasteiger partial charge in [-0.15, -0.1) is 0 Å². The number of nitrogens with one attached hydrogen (secondary N) is 1. The number of imide groups is 1. The molecule has 144 valence electrons. The molecular formula is C19H16ClN3O5. The average Bonchev–Trinajstić information content (AvgIpc) is 2.93. The minimum atomic E-state index is -1.19. The van der Waals surface area contributed by atoms with E-state index < -0.39 is 35.8 Å². The van der Waals surface area contributed by atoms with E-state index >= 15 is 0 Å². The predicted molar refractivity (Wildman–Crippen MR) is 99.8 cm³/mol. The van der Waals surface area contributed by atoms with E-state index in [2.05, 4.69) is 10.3 Å². The first-order valence-electron chi connectivity index (χ1n) is 8.40. The Kier molecular flexibility index (Phi) is 5.41. The van der Waals surface area contributed by atoms with Gasteiger partial charge < -0.3 is 10.1 Å². The maximum atomic E-state index is 12.4. The van der Waals surface area contributed by atoms with E-state index in [0.717, 1.165) is 4.90 Å². The summed E-state index contributed by atoms with van der Waals surface area (Å²) in [6, 6.07) is 8.23. The van der Waals surface area contributed by atoms with Gasteiger partial charge in [0.2, 0.25) is 0 Å². The molecule has 3 rings (SSSR count). The molecule has 0 aliphatic carbocycles. The quantitative estimate of drug-likeness (QED) is 0.468. The van der Waals surface area contributed by atoms with Crippen LogP contribution in [0.4, 0.5) is 5.69 Å². The minimum Gasteiger partial charge on any atom is -0.451 e. The Morgan fingerprint density at radius 2 is 1.68 bits per heavy atom. The van der Waals surface area contributed by atoms with Crippen LogP contribution in [0, 0.1) is 0 Å². The number of pyridine rings is 1. The molecule has 2 aromatic rings. The van der Waals surface area contributed by atoms with Gasteiger partial charge in [-0.05, 0) is 38.1 Å². The molecule has 0 fully saturated rings. The lowest BCUT2D eigenvalue weighted by atomic mass is 10.1. The van der Waals surface area contributed by atoms with Gasteiger partial charge in [0.1, 0.15) is 6.04 Å². The first-order valence-corrected chi connectivity index (χ1v) is 8.78. The van der Waals surface area contributed by atoms with Crippen LogP contribution in [0.3, 0.4) is 0 Å². The summed E-state index contributed by atoms with van der Waals surface area (Å²) in [5.74, 6) is -2.67. The van der Waals surface area contributed by atoms with Crippen molar-refractivity contribution in [2.75, 3.05) is 5.32 Å². The van der Waals surface area contributed by atoms with Crippen molar-refractivity contribution < 1.29 is 23.9 Å². The first kappa shape index (κ1) is 19.5. The lowest BCUT2D eigenvalue weighted by Crippen LogP contribution is -2.45. The Labute approximate surface area is 165 Å². The van der Waals surface area contributed by atoms with Crippen LogP contribution in [0.15, 0.2) is 42.6 Å². The van der Waals surface area contributed by atoms with E-state index in [9.17, 15) is 19.2 Å². The number of ether oxygens (including phenoxy) is 1. The van der Waals surface area contributed by atoms with Crippen molar-refractivity contribution in [2.45, 2.75) is 26.0 Å². The van der Waals surface area contributed by atoms with Gasteiger partial charge >= 0.3 is 5.97 Å². The zero-order valence-electron chi connectivity index (χ0n) is 15.0. The third kappa shape index (κ3) is 3.59. The van der Waals surface area contributed by atoms with Crippen molar-refractivity contribution in [3.8, 4) is 0 Å². The van der Waals surface area contributed by atoms with Crippen molar-refractivity contribution in [2.24, 2.45) is 0 Å². The van der Waals surface area contributed by atoms with Crippen LogP contribution in [0.5, 0.6) is 0 Å². The maximum absolute atomic E-state index is 12.4. The van der Waals surface area contributed by atoms with Crippen LogP contribution in [0.25, 0.3) is 0 Å². The number of carbonyl (C=O) groups excluding carboxylic acids is 4. The number of anilines is 1. The van der Waals surface area contributed by atoms with Crippen LogP contribution in [0.2, 0.25) is 5.15 Å². The van der Waals surface area contributed by atoms with Crippen molar-refractivity contribution >= 4 is 41.0 Å². The number of fused-ring (bicyclic) bond motifs is 1. The average molecular weight is 402 g/mol. The van der Waals surface area contributed by atoms with Gasteiger partial charge in [-0.3, -0.25) is 19.3 Å². The number of rotatable bonds is 5. The zero-order chi connectivity index (χ0) is 20.4. The molecule has 1 aromatic carbocycles. The number of amides is 3. The van der Waals surface area contributed by atoms with Crippen molar-refractivity contribution in [3.63, 3.8) is 0 Å². The molecule has 28 heavy (non-hydrogen) atoms. The first-order chi connectivity index (χ1) is 13.3. The topological polar surface area (TPSA) is 106 Å². The van der Waals surface area contributed by atoms with Gasteiger partial charge in [0.05, 0.1) is 16.8 Å². The monoisotopic (exact) mass is 401 g/mol. The third-order valence-electron chi connectivity index (χ3n) is 4.23. The zero-order valence-corrected chi connectivity index (χ0v) is 15.8. The molecule has 2 unspecified atom stereocenters. The summed E-state index contributed by atoms with van der Waals surface area (Å²) in [5.41, 5.74) is 0.721. The molecule has 1 aliphatic heterocycles. The van der Waals surface area contributed by atoms with Crippen LogP contribution >= 0.6 is 11.6 Å². The normalized spacial score (nSPS) is 15.0. The fourth-order valence-electron chi connectivity index (χ4n) is 2.70. The number of nitrogens with zero attached hydrogens (tertiary/aromatic N) is 2. The summed E-state index contributed by atoms with van der Waals surface area (Å²) in [6.45, 7) is 2.74. The molecule has 0 saturated heterocycles. The summed E-state index contributed by atoms with van der Waals surface area (Å²) >= 11 is 5.88. The van der Waals surface area contributed by atoms with Crippen molar-refractivity contribution in [3.05, 3.63) is 58.9 Å². The van der Waals surface area contributed by atoms with E-state index in [1.807, 2.05) is 0 Å². The SMILES string of the molecule is CC(OC(=O)C(C)N1C(=O)c2ccccc2C1=O)C(=O)Nc1cccnc1Cl. The molecule has 1 N–H and O–H groups in total. The molecule has 2 atom stereocenters. The van der Waals surface area contributed by atoms with Gasteiger partial charge in [0, 0.05) is 6.20 Å². The van der Waals surface area contributed by atoms with E-state index in [1.165, 1.54) is 32.2 Å². The number of esters is 1. The Morgan fingerprint density at radius 3 is 2.25 bits per heavy atom. The van der Waals surface area contributed by atoms with E-state index in [4.69, 9.17) is 16.3 Å². The number of halogens is 1. The fourth-order valence-corrected chi connectivity index (χ4v) is 2.87. The predicted octanol–water partition coefficient (Wildman–Crippen LogP) is 2.29. The highest BCUT2D eigenvalue weighted by Crippen LogP contribution is 2.25. The summed E-state index contributed by atoms with van der Waals surface area (Å²) in [5, 5.41) is 2.59. The summed E-state index contributed by atoms with van der Waals surface area (Å²) < 4.78 is 5.13. The number of aromatic nitrogens is 1. The number of hydrogen-bond donors (Lipinski definition) is 1. The number of carbonyl (C=O) groups is 4. The number of benzene rings is 1. The second-order valence-corrected chi connectivity index (χ2v) is 6.47. The van der Waals surface area contributed by atoms with Gasteiger partial charge in [0.15, 0.2) is 11.3 Å². The van der Waals surface area contributed by atoms with Crippen molar-refractivity contribution in [1.82, 2.24) is 9.88 Å². The summed E-state index contributed by atoms with van der Waals surface area (Å²) in [7, 11) is 0. The molecule has 1 aliphatic rings. The smallest absolute Gasteiger partial charge is 0.329 e. The molecule has 3 amide bonds. The Bertz CT molecular complexity index is 943. The second kappa shape index (κ2) is 7.77. The van der Waals surface area contributed by atoms with Gasteiger partial charge in [-0.25, -0.2) is 9.78 Å². The molecule has 0 spiro atoms. The Balaban J connectivity index is 1.66. The van der Waals surface area contributed by atoms with Crippen LogP contribution in [-0.4, -0.2) is 45.7 Å². The molecule has 0 saturated carbocycles. The lowest BCUT2D eigenvalue weighted by Gasteiger charge is -2.22. The second-order valence-electron chi connectivity index (χ2n) is 6.11. The highest BCUT2D eigenvalue weighted by Gasteiger charge is 2.41. The largest absolute Gasteiger partial charge is 0.451 e. The molecule has 8 nitrogen and oxygen atoms in total. The third-order valence-corrected chi connectivity index (χ3v) is 4.53. The summed E-state index contributed by atoms with van der Waals surface area (Å²) in [4.78, 5) is 54.2. The summed E-state index contributed by atoms with van der Waals surface area (Å²) in [6.07, 6.45) is 0.284. The molecule has 0 radical (unpaired) electrons.